The molecule has 4 aromatic rings. The molecule has 0 saturated carbocycles. The SMILES string of the molecule is CC(C)OC(=O)c1cccc(Cn2cnc3scc(-c4ccccc4)c3c2=O)c1. The van der Waals surface area contributed by atoms with Crippen LogP contribution in [-0.2, 0) is 11.3 Å². The lowest BCUT2D eigenvalue weighted by Crippen LogP contribution is -2.21. The minimum Gasteiger partial charge on any atom is -0.459 e. The molecule has 0 spiro atoms. The van der Waals surface area contributed by atoms with Gasteiger partial charge in [-0.15, -0.1) is 11.3 Å². The maximum atomic E-state index is 13.2. The van der Waals surface area contributed by atoms with Gasteiger partial charge in [0.05, 0.1) is 29.9 Å². The predicted molar refractivity (Wildman–Crippen MR) is 115 cm³/mol. The molecule has 0 unspecified atom stereocenters. The summed E-state index contributed by atoms with van der Waals surface area (Å²) in [6, 6.07) is 17.0. The summed E-state index contributed by atoms with van der Waals surface area (Å²) < 4.78 is 6.84. The molecule has 0 aliphatic rings. The molecule has 2 heterocycles. The molecule has 0 N–H and O–H groups in total. The van der Waals surface area contributed by atoms with Crippen LogP contribution in [0.5, 0.6) is 0 Å². The Bertz CT molecular complexity index is 1230. The Labute approximate surface area is 172 Å². The number of nitrogens with zero attached hydrogens (tertiary/aromatic N) is 2. The Kier molecular flexibility index (Phi) is 5.27. The number of aromatic nitrogens is 2. The molecule has 0 amide bonds. The van der Waals surface area contributed by atoms with Crippen LogP contribution >= 0.6 is 11.3 Å². The van der Waals surface area contributed by atoms with Gasteiger partial charge < -0.3 is 4.74 Å². The molecule has 5 nitrogen and oxygen atoms in total. The van der Waals surface area contributed by atoms with Crippen LogP contribution in [0.4, 0.5) is 0 Å². The Morgan fingerprint density at radius 2 is 1.93 bits per heavy atom. The Hall–Kier alpha value is -3.25. The lowest BCUT2D eigenvalue weighted by Gasteiger charge is -2.10. The van der Waals surface area contributed by atoms with Crippen molar-refractivity contribution in [1.82, 2.24) is 9.55 Å². The normalized spacial score (nSPS) is 11.1. The Balaban J connectivity index is 1.70. The first-order valence-corrected chi connectivity index (χ1v) is 10.2. The number of rotatable bonds is 5. The van der Waals surface area contributed by atoms with Crippen LogP contribution in [0.15, 0.2) is 71.1 Å². The van der Waals surface area contributed by atoms with Crippen LogP contribution in [0, 0.1) is 0 Å². The maximum absolute atomic E-state index is 13.2. The molecule has 0 aliphatic carbocycles. The fraction of sp³-hybridized carbons (Fsp3) is 0.174. The number of thiophene rings is 1. The molecule has 0 atom stereocenters. The number of carbonyl (C=O) groups is 1. The van der Waals surface area contributed by atoms with Crippen molar-refractivity contribution >= 4 is 27.5 Å². The van der Waals surface area contributed by atoms with E-state index < -0.39 is 0 Å². The molecule has 0 aliphatic heterocycles. The lowest BCUT2D eigenvalue weighted by atomic mass is 10.1. The van der Waals surface area contributed by atoms with E-state index in [9.17, 15) is 9.59 Å². The summed E-state index contributed by atoms with van der Waals surface area (Å²) in [6.45, 7) is 3.95. The second kappa shape index (κ2) is 8.01. The zero-order chi connectivity index (χ0) is 20.4. The van der Waals surface area contributed by atoms with Gasteiger partial charge in [0.2, 0.25) is 0 Å². The third-order valence-corrected chi connectivity index (χ3v) is 5.39. The van der Waals surface area contributed by atoms with Gasteiger partial charge in [0.25, 0.3) is 5.56 Å². The smallest absolute Gasteiger partial charge is 0.338 e. The monoisotopic (exact) mass is 404 g/mol. The first-order chi connectivity index (χ1) is 14.0. The highest BCUT2D eigenvalue weighted by Gasteiger charge is 2.14. The van der Waals surface area contributed by atoms with Crippen molar-refractivity contribution in [3.05, 3.63) is 87.8 Å². The Morgan fingerprint density at radius 3 is 2.69 bits per heavy atom. The number of fused-ring (bicyclic) bond motifs is 1. The van der Waals surface area contributed by atoms with Gasteiger partial charge in [-0.25, -0.2) is 9.78 Å². The molecule has 146 valence electrons. The average Bonchev–Trinajstić information content (AvgIpc) is 3.15. The van der Waals surface area contributed by atoms with Crippen LogP contribution in [0.2, 0.25) is 0 Å². The van der Waals surface area contributed by atoms with Crippen LogP contribution in [0.25, 0.3) is 21.3 Å². The number of carbonyl (C=O) groups excluding carboxylic acids is 1. The van der Waals surface area contributed by atoms with E-state index in [1.807, 2.05) is 55.6 Å². The number of ether oxygens (including phenoxy) is 1. The summed E-state index contributed by atoms with van der Waals surface area (Å²) in [4.78, 5) is 30.5. The largest absolute Gasteiger partial charge is 0.459 e. The molecule has 2 aromatic heterocycles. The van der Waals surface area contributed by atoms with E-state index in [0.29, 0.717) is 17.5 Å². The van der Waals surface area contributed by atoms with Gasteiger partial charge in [0.1, 0.15) is 4.83 Å². The zero-order valence-electron chi connectivity index (χ0n) is 16.2. The summed E-state index contributed by atoms with van der Waals surface area (Å²) in [6.07, 6.45) is 1.38. The van der Waals surface area contributed by atoms with E-state index in [0.717, 1.165) is 21.5 Å². The first kappa shape index (κ1) is 19.1. The van der Waals surface area contributed by atoms with E-state index in [-0.39, 0.29) is 17.6 Å². The average molecular weight is 404 g/mol. The van der Waals surface area contributed by atoms with E-state index >= 15 is 0 Å². The highest BCUT2D eigenvalue weighted by Crippen LogP contribution is 2.30. The third-order valence-electron chi connectivity index (χ3n) is 4.50. The van der Waals surface area contributed by atoms with Gasteiger partial charge in [0.15, 0.2) is 0 Å². The van der Waals surface area contributed by atoms with Gasteiger partial charge in [-0.3, -0.25) is 9.36 Å². The van der Waals surface area contributed by atoms with Crippen LogP contribution in [0.3, 0.4) is 0 Å². The Morgan fingerprint density at radius 1 is 1.14 bits per heavy atom. The van der Waals surface area contributed by atoms with E-state index in [2.05, 4.69) is 4.98 Å². The fourth-order valence-electron chi connectivity index (χ4n) is 3.19. The van der Waals surface area contributed by atoms with Gasteiger partial charge in [-0.1, -0.05) is 42.5 Å². The number of hydrogen-bond donors (Lipinski definition) is 0. The summed E-state index contributed by atoms with van der Waals surface area (Å²) in [5.41, 5.74) is 3.10. The van der Waals surface area contributed by atoms with Crippen molar-refractivity contribution in [2.45, 2.75) is 26.5 Å². The van der Waals surface area contributed by atoms with Gasteiger partial charge in [-0.05, 0) is 37.1 Å². The molecule has 4 rings (SSSR count). The van der Waals surface area contributed by atoms with Crippen molar-refractivity contribution in [2.75, 3.05) is 0 Å². The molecule has 0 saturated heterocycles. The molecule has 2 aromatic carbocycles. The minimum absolute atomic E-state index is 0.0923. The molecule has 0 bridgehead atoms. The second-order valence-electron chi connectivity index (χ2n) is 7.03. The molecule has 0 fully saturated rings. The highest BCUT2D eigenvalue weighted by molar-refractivity contribution is 7.17. The van der Waals surface area contributed by atoms with Crippen molar-refractivity contribution in [2.24, 2.45) is 0 Å². The van der Waals surface area contributed by atoms with Crippen LogP contribution in [-0.4, -0.2) is 21.6 Å². The summed E-state index contributed by atoms with van der Waals surface area (Å²) in [7, 11) is 0. The molecular formula is C23H20N2O3S. The quantitative estimate of drug-likeness (QED) is 0.451. The number of hydrogen-bond acceptors (Lipinski definition) is 5. The maximum Gasteiger partial charge on any atom is 0.338 e. The van der Waals surface area contributed by atoms with Crippen molar-refractivity contribution in [1.29, 1.82) is 0 Å². The van der Waals surface area contributed by atoms with Crippen LogP contribution < -0.4 is 5.56 Å². The minimum atomic E-state index is -0.369. The summed E-state index contributed by atoms with van der Waals surface area (Å²) in [5.74, 6) is -0.369. The van der Waals surface area contributed by atoms with E-state index in [4.69, 9.17) is 4.74 Å². The highest BCUT2D eigenvalue weighted by atomic mass is 32.1. The molecule has 0 radical (unpaired) electrons. The zero-order valence-corrected chi connectivity index (χ0v) is 17.0. The standard InChI is InChI=1S/C23H20N2O3S/c1-15(2)28-23(27)18-10-6-7-16(11-18)12-25-14-24-21-20(22(25)26)19(13-29-21)17-8-4-3-5-9-17/h3-11,13-15H,12H2,1-2H3. The molecular weight excluding hydrogens is 384 g/mol. The third kappa shape index (κ3) is 3.98. The van der Waals surface area contributed by atoms with Crippen LogP contribution in [0.1, 0.15) is 29.8 Å². The molecule has 29 heavy (non-hydrogen) atoms. The van der Waals surface area contributed by atoms with Gasteiger partial charge >= 0.3 is 5.97 Å². The van der Waals surface area contributed by atoms with Gasteiger partial charge in [0, 0.05) is 10.9 Å². The summed E-state index contributed by atoms with van der Waals surface area (Å²) in [5, 5.41) is 2.60. The predicted octanol–water partition coefficient (Wildman–Crippen LogP) is 4.74. The van der Waals surface area contributed by atoms with Crippen molar-refractivity contribution < 1.29 is 9.53 Å². The van der Waals surface area contributed by atoms with E-state index in [1.165, 1.54) is 11.3 Å². The fourth-order valence-corrected chi connectivity index (χ4v) is 4.09. The van der Waals surface area contributed by atoms with Crippen molar-refractivity contribution in [3.63, 3.8) is 0 Å². The summed E-state index contributed by atoms with van der Waals surface area (Å²) >= 11 is 1.46. The van der Waals surface area contributed by atoms with Gasteiger partial charge in [-0.2, -0.15) is 0 Å². The topological polar surface area (TPSA) is 61.2 Å². The first-order valence-electron chi connectivity index (χ1n) is 9.35. The second-order valence-corrected chi connectivity index (χ2v) is 7.89. The number of esters is 1. The number of benzene rings is 2. The van der Waals surface area contributed by atoms with Crippen molar-refractivity contribution in [3.8, 4) is 11.1 Å². The lowest BCUT2D eigenvalue weighted by molar-refractivity contribution is 0.0378. The molecule has 6 heteroatoms. The van der Waals surface area contributed by atoms with E-state index in [1.54, 1.807) is 29.1 Å².